The number of nitrogens with two attached hydrogens (primary N) is 1. The van der Waals surface area contributed by atoms with Crippen LogP contribution in [0.15, 0.2) is 23.8 Å². The van der Waals surface area contributed by atoms with E-state index in [1.54, 1.807) is 0 Å². The number of H-pyrrole nitrogens is 1. The first-order valence-corrected chi connectivity index (χ1v) is 13.3. The number of nitrogens with one attached hydrogen (secondary N) is 1. The second-order valence-electron chi connectivity index (χ2n) is 6.89. The molecule has 0 aromatic carbocycles. The van der Waals surface area contributed by atoms with Gasteiger partial charge in [-0.05, 0) is 0 Å². The van der Waals surface area contributed by atoms with Crippen LogP contribution in [0.5, 0.6) is 0 Å². The van der Waals surface area contributed by atoms with Gasteiger partial charge in [-0.25, -0.2) is 23.1 Å². The number of aromatic amines is 1. The molecule has 0 saturated carbocycles. The fraction of sp³-hybridized carbons (Fsp3) is 0.417. The average Bonchev–Trinajstić information content (AvgIpc) is 3.18. The highest BCUT2D eigenvalue weighted by Crippen LogP contribution is 2.66. The lowest BCUT2D eigenvalue weighted by atomic mass is 9.93. The molecule has 1 saturated heterocycles. The summed E-state index contributed by atoms with van der Waals surface area (Å²) in [5.41, 5.74) is 1.27. The van der Waals surface area contributed by atoms with Crippen LogP contribution in [0.2, 0.25) is 0 Å². The maximum Gasteiger partial charge on any atom is 0.490 e. The Balaban J connectivity index is 1.89. The van der Waals surface area contributed by atoms with Crippen molar-refractivity contribution in [1.82, 2.24) is 19.5 Å². The maximum atomic E-state index is 15.5. The van der Waals surface area contributed by atoms with Crippen molar-refractivity contribution in [2.75, 3.05) is 12.3 Å². The zero-order valence-corrected chi connectivity index (χ0v) is 19.5. The van der Waals surface area contributed by atoms with Crippen LogP contribution < -0.4 is 11.3 Å². The number of rotatable bonds is 9. The molecule has 1 aliphatic rings. The molecule has 2 unspecified atom stereocenters. The Kier molecular flexibility index (Phi) is 7.04. The minimum atomic E-state index is -5.91. The summed E-state index contributed by atoms with van der Waals surface area (Å²) in [7, 11) is -17.4. The van der Waals surface area contributed by atoms with Crippen molar-refractivity contribution in [3.05, 3.63) is 29.3 Å². The number of aromatic nitrogens is 4. The van der Waals surface area contributed by atoms with E-state index in [1.807, 2.05) is 0 Å². The van der Waals surface area contributed by atoms with E-state index >= 15 is 4.39 Å². The molecule has 3 rings (SSSR count). The minimum absolute atomic E-state index is 0.326. The molecule has 19 nitrogen and oxygen atoms in total. The van der Waals surface area contributed by atoms with Crippen molar-refractivity contribution in [2.45, 2.75) is 23.8 Å². The predicted molar refractivity (Wildman–Crippen MR) is 107 cm³/mol. The lowest BCUT2D eigenvalue weighted by Gasteiger charge is -2.28. The number of imidazole rings is 1. The van der Waals surface area contributed by atoms with Gasteiger partial charge in [0.2, 0.25) is 5.95 Å². The van der Waals surface area contributed by atoms with Gasteiger partial charge in [-0.15, -0.1) is 0 Å². The number of ether oxygens (including phenoxy) is 1. The highest BCUT2D eigenvalue weighted by molar-refractivity contribution is 7.66. The number of aliphatic hydroxyl groups excluding tert-OH is 1. The molecule has 2 aromatic heterocycles. The van der Waals surface area contributed by atoms with Crippen LogP contribution in [0.3, 0.4) is 0 Å². The standard InChI is InChI=1S/C12H17FN5O14P3/c1-2-11(21)8(20)12(13,3-29-34(25,26)32-35(27,28)31-33(22,23)24)30-9(11)18-4-15-5-6(18)16-10(14)17-7(5)19/h2,4,8-9,20-21H,1,3H2,(H,25,26)(H,27,28)(H2,22,23,24)(H3,14,16,17,19)/t8-,9+,11+,12+/m0/s1. The number of nitrogen functional groups attached to an aromatic ring is 1. The number of phosphoric ester groups is 1. The van der Waals surface area contributed by atoms with Gasteiger partial charge in [-0.3, -0.25) is 18.9 Å². The van der Waals surface area contributed by atoms with E-state index in [9.17, 15) is 33.6 Å². The van der Waals surface area contributed by atoms with Crippen LogP contribution >= 0.6 is 23.5 Å². The van der Waals surface area contributed by atoms with Crippen LogP contribution in [0.25, 0.3) is 11.2 Å². The van der Waals surface area contributed by atoms with Gasteiger partial charge >= 0.3 is 23.5 Å². The van der Waals surface area contributed by atoms with Gasteiger partial charge in [0.15, 0.2) is 29.1 Å². The van der Waals surface area contributed by atoms with E-state index < -0.39 is 65.4 Å². The molecule has 196 valence electrons. The zero-order valence-electron chi connectivity index (χ0n) is 16.8. The predicted octanol–water partition coefficient (Wildman–Crippen LogP) is -1.48. The van der Waals surface area contributed by atoms with Gasteiger partial charge in [0.1, 0.15) is 6.61 Å². The second kappa shape index (κ2) is 8.89. The first kappa shape index (κ1) is 27.7. The van der Waals surface area contributed by atoms with Gasteiger partial charge < -0.3 is 40.3 Å². The number of anilines is 1. The van der Waals surface area contributed by atoms with Gasteiger partial charge in [0.25, 0.3) is 11.4 Å². The van der Waals surface area contributed by atoms with E-state index in [0.717, 1.165) is 10.9 Å². The number of halogens is 1. The molecule has 6 atom stereocenters. The molecule has 9 N–H and O–H groups in total. The molecule has 0 spiro atoms. The van der Waals surface area contributed by atoms with E-state index in [-0.39, 0.29) is 11.2 Å². The van der Waals surface area contributed by atoms with E-state index in [4.69, 9.17) is 25.2 Å². The largest absolute Gasteiger partial charge is 0.490 e. The number of phosphoric acid groups is 3. The Morgan fingerprint density at radius 3 is 2.49 bits per heavy atom. The van der Waals surface area contributed by atoms with Crippen molar-refractivity contribution in [1.29, 1.82) is 0 Å². The first-order valence-electron chi connectivity index (χ1n) is 8.74. The SMILES string of the molecule is C=C[C@]1(O)[C@H](n2cnc3c(=O)[nH]c(N)nc32)O[C@](F)(COP(=O)(O)OP(=O)(O)OP(=O)(O)O)[C@H]1O. The third-order valence-corrected chi connectivity index (χ3v) is 8.20. The van der Waals surface area contributed by atoms with Crippen LogP contribution in [0.1, 0.15) is 6.23 Å². The minimum Gasteiger partial charge on any atom is -0.383 e. The van der Waals surface area contributed by atoms with Crippen LogP contribution in [0.4, 0.5) is 10.3 Å². The molecule has 0 bridgehead atoms. The Morgan fingerprint density at radius 1 is 1.29 bits per heavy atom. The highest BCUT2D eigenvalue weighted by atomic mass is 31.3. The van der Waals surface area contributed by atoms with Crippen LogP contribution in [-0.2, 0) is 31.6 Å². The molecule has 2 aromatic rings. The summed E-state index contributed by atoms with van der Waals surface area (Å²) < 4.78 is 66.4. The molecule has 1 aliphatic heterocycles. The van der Waals surface area contributed by atoms with Crippen LogP contribution in [0, 0.1) is 0 Å². The van der Waals surface area contributed by atoms with Crippen molar-refractivity contribution >= 4 is 40.6 Å². The topological polar surface area (TPSA) is 299 Å². The summed E-state index contributed by atoms with van der Waals surface area (Å²) in [5, 5.41) is 21.2. The molecule has 0 radical (unpaired) electrons. The number of hydrogen-bond donors (Lipinski definition) is 8. The van der Waals surface area contributed by atoms with Crippen molar-refractivity contribution in [3.8, 4) is 0 Å². The summed E-state index contributed by atoms with van der Waals surface area (Å²) in [4.78, 5) is 57.3. The number of alkyl halides is 1. The molecule has 0 aliphatic carbocycles. The lowest BCUT2D eigenvalue weighted by molar-refractivity contribution is -0.203. The quantitative estimate of drug-likeness (QED) is 0.126. The Bertz CT molecular complexity index is 1360. The van der Waals surface area contributed by atoms with Crippen molar-refractivity contribution in [3.63, 3.8) is 0 Å². The third-order valence-electron chi connectivity index (χ3n) is 4.42. The Morgan fingerprint density at radius 2 is 1.91 bits per heavy atom. The summed E-state index contributed by atoms with van der Waals surface area (Å²) in [6.45, 7) is 1.49. The summed E-state index contributed by atoms with van der Waals surface area (Å²) in [6.07, 6.45) is -3.10. The zero-order chi connectivity index (χ0) is 26.6. The van der Waals surface area contributed by atoms with Crippen molar-refractivity contribution in [2.24, 2.45) is 0 Å². The van der Waals surface area contributed by atoms with Gasteiger partial charge in [-0.1, -0.05) is 12.7 Å². The lowest BCUT2D eigenvalue weighted by Crippen LogP contribution is -2.49. The van der Waals surface area contributed by atoms with E-state index in [2.05, 4.69) is 34.7 Å². The van der Waals surface area contributed by atoms with Gasteiger partial charge in [-0.2, -0.15) is 13.6 Å². The van der Waals surface area contributed by atoms with E-state index in [1.165, 1.54) is 0 Å². The smallest absolute Gasteiger partial charge is 0.383 e. The molecule has 3 heterocycles. The Labute approximate surface area is 192 Å². The van der Waals surface area contributed by atoms with Gasteiger partial charge in [0, 0.05) is 0 Å². The highest BCUT2D eigenvalue weighted by Gasteiger charge is 2.65. The first-order chi connectivity index (χ1) is 15.8. The fourth-order valence-electron chi connectivity index (χ4n) is 3.02. The molecular weight excluding hydrogens is 550 g/mol. The monoisotopic (exact) mass is 567 g/mol. The number of aliphatic hydroxyl groups is 2. The maximum absolute atomic E-state index is 15.5. The summed E-state index contributed by atoms with van der Waals surface area (Å²) in [6, 6.07) is 0. The average molecular weight is 567 g/mol. The Hall–Kier alpha value is -1.89. The second-order valence-corrected chi connectivity index (χ2v) is 11.3. The number of hydrogen-bond acceptors (Lipinski definition) is 13. The van der Waals surface area contributed by atoms with E-state index in [0.29, 0.717) is 6.08 Å². The molecule has 0 amide bonds. The molecule has 35 heavy (non-hydrogen) atoms. The number of nitrogens with zero attached hydrogens (tertiary/aromatic N) is 3. The molecule has 23 heteroatoms. The molecule has 1 fully saturated rings. The third kappa shape index (κ3) is 5.60. The van der Waals surface area contributed by atoms with Gasteiger partial charge in [0.05, 0.1) is 6.33 Å². The summed E-state index contributed by atoms with van der Waals surface area (Å²) >= 11 is 0. The normalized spacial score (nSPS) is 30.7. The van der Waals surface area contributed by atoms with Crippen molar-refractivity contribution < 1.29 is 65.8 Å². The van der Waals surface area contributed by atoms with Crippen LogP contribution in [-0.4, -0.2) is 73.5 Å². The summed E-state index contributed by atoms with van der Waals surface area (Å²) in [5.74, 6) is -3.97. The number of fused-ring (bicyclic) bond motifs is 1. The fourth-order valence-corrected chi connectivity index (χ4v) is 6.05. The molecular formula is C12H17FN5O14P3.